The van der Waals surface area contributed by atoms with Crippen LogP contribution in [0.4, 0.5) is 0 Å². The van der Waals surface area contributed by atoms with E-state index in [2.05, 4.69) is 13.5 Å². The molecule has 0 aliphatic carbocycles. The molecule has 0 rings (SSSR count). The maximum absolute atomic E-state index is 10.4. The summed E-state index contributed by atoms with van der Waals surface area (Å²) in [6.07, 6.45) is 4.98. The van der Waals surface area contributed by atoms with Crippen LogP contribution in [0.25, 0.3) is 0 Å². The summed E-state index contributed by atoms with van der Waals surface area (Å²) in [6, 6.07) is 0. The van der Waals surface area contributed by atoms with Crippen molar-refractivity contribution in [2.45, 2.75) is 25.7 Å². The first-order chi connectivity index (χ1) is 5.22. The summed E-state index contributed by atoms with van der Waals surface area (Å²) in [5.74, 6) is -1.15. The van der Waals surface area contributed by atoms with Crippen LogP contribution in [0, 0.1) is 12.8 Å². The van der Waals surface area contributed by atoms with E-state index in [0.29, 0.717) is 6.42 Å². The zero-order valence-electron chi connectivity index (χ0n) is 6.75. The highest BCUT2D eigenvalue weighted by atomic mass is 16.4. The fourth-order valence-corrected chi connectivity index (χ4v) is 0.883. The van der Waals surface area contributed by atoms with Crippen LogP contribution < -0.4 is 0 Å². The second kappa shape index (κ2) is 5.96. The minimum absolute atomic E-state index is 0.374. The van der Waals surface area contributed by atoms with Crippen molar-refractivity contribution in [3.05, 3.63) is 19.6 Å². The van der Waals surface area contributed by atoms with E-state index in [-0.39, 0.29) is 5.92 Å². The first-order valence-corrected chi connectivity index (χ1v) is 3.87. The Kier molecular flexibility index (Phi) is 5.53. The average Bonchev–Trinajstić information content (AvgIpc) is 1.97. The Morgan fingerprint density at radius 1 is 1.55 bits per heavy atom. The van der Waals surface area contributed by atoms with Crippen LogP contribution in [0.5, 0.6) is 0 Å². The van der Waals surface area contributed by atoms with Crippen molar-refractivity contribution >= 4 is 5.97 Å². The number of unbranched alkanes of at least 4 members (excludes halogenated alkanes) is 2. The van der Waals surface area contributed by atoms with Gasteiger partial charge in [-0.25, -0.2) is 0 Å². The number of rotatable bonds is 6. The lowest BCUT2D eigenvalue weighted by molar-refractivity contribution is -0.140. The first kappa shape index (κ1) is 10.2. The molecule has 0 aliphatic rings. The number of hydrogen-bond donors (Lipinski definition) is 1. The van der Waals surface area contributed by atoms with E-state index < -0.39 is 5.97 Å². The lowest BCUT2D eigenvalue weighted by Gasteiger charge is -2.04. The molecule has 2 heteroatoms. The van der Waals surface area contributed by atoms with Crippen LogP contribution in [-0.2, 0) is 4.79 Å². The molecule has 0 saturated heterocycles. The highest BCUT2D eigenvalue weighted by Gasteiger charge is 2.11. The average molecular weight is 155 g/mol. The van der Waals surface area contributed by atoms with Gasteiger partial charge in [-0.3, -0.25) is 4.79 Å². The highest BCUT2D eigenvalue weighted by Crippen LogP contribution is 2.10. The molecular formula is C9H15O2. The fourth-order valence-electron chi connectivity index (χ4n) is 0.883. The Balaban J connectivity index is 3.52. The Hall–Kier alpha value is -0.790. The lowest BCUT2D eigenvalue weighted by atomic mass is 10.0. The van der Waals surface area contributed by atoms with E-state index in [4.69, 9.17) is 5.11 Å². The third-order valence-electron chi connectivity index (χ3n) is 1.62. The van der Waals surface area contributed by atoms with Gasteiger partial charge in [-0.15, -0.1) is 6.58 Å². The molecule has 0 bridgehead atoms. The quantitative estimate of drug-likeness (QED) is 0.472. The molecule has 2 nitrogen and oxygen atoms in total. The van der Waals surface area contributed by atoms with Gasteiger partial charge in [0.2, 0.25) is 0 Å². The summed E-state index contributed by atoms with van der Waals surface area (Å²) < 4.78 is 0. The molecule has 0 aromatic heterocycles. The van der Waals surface area contributed by atoms with Gasteiger partial charge in [0.15, 0.2) is 0 Å². The van der Waals surface area contributed by atoms with Crippen molar-refractivity contribution in [3.8, 4) is 0 Å². The van der Waals surface area contributed by atoms with Gasteiger partial charge in [-0.1, -0.05) is 32.3 Å². The van der Waals surface area contributed by atoms with Crippen molar-refractivity contribution in [3.63, 3.8) is 0 Å². The fraction of sp³-hybridized carbons (Fsp3) is 0.556. The van der Waals surface area contributed by atoms with Crippen molar-refractivity contribution in [1.29, 1.82) is 0 Å². The Morgan fingerprint density at radius 3 is 2.55 bits per heavy atom. The minimum atomic E-state index is -0.774. The zero-order valence-corrected chi connectivity index (χ0v) is 6.75. The second-order valence-corrected chi connectivity index (χ2v) is 2.53. The highest BCUT2D eigenvalue weighted by molar-refractivity contribution is 5.71. The van der Waals surface area contributed by atoms with E-state index in [1.165, 1.54) is 6.08 Å². The minimum Gasteiger partial charge on any atom is -0.481 e. The standard InChI is InChI=1S/C9H15O2/c1-3-5-6-7-8(4-2)9(10)11/h4,8H,1-3,5-7H2,(H,10,11). The summed E-state index contributed by atoms with van der Waals surface area (Å²) in [5, 5.41) is 8.59. The molecule has 0 fully saturated rings. The Bertz CT molecular complexity index is 130. The number of aliphatic carboxylic acids is 1. The molecule has 1 unspecified atom stereocenters. The van der Waals surface area contributed by atoms with Crippen LogP contribution in [0.1, 0.15) is 25.7 Å². The van der Waals surface area contributed by atoms with Gasteiger partial charge >= 0.3 is 5.97 Å². The van der Waals surface area contributed by atoms with Crippen LogP contribution >= 0.6 is 0 Å². The lowest BCUT2D eigenvalue weighted by Crippen LogP contribution is -2.10. The van der Waals surface area contributed by atoms with E-state index in [1.807, 2.05) is 0 Å². The van der Waals surface area contributed by atoms with Gasteiger partial charge < -0.3 is 5.11 Å². The molecule has 0 amide bonds. The smallest absolute Gasteiger partial charge is 0.310 e. The van der Waals surface area contributed by atoms with E-state index >= 15 is 0 Å². The molecule has 0 aromatic carbocycles. The molecule has 0 heterocycles. The van der Waals surface area contributed by atoms with Gasteiger partial charge in [-0.05, 0) is 6.42 Å². The largest absolute Gasteiger partial charge is 0.481 e. The van der Waals surface area contributed by atoms with Crippen LogP contribution in [0.15, 0.2) is 12.7 Å². The third kappa shape index (κ3) is 4.59. The Morgan fingerprint density at radius 2 is 2.18 bits per heavy atom. The normalized spacial score (nSPS) is 12.5. The zero-order chi connectivity index (χ0) is 8.69. The van der Waals surface area contributed by atoms with E-state index in [1.54, 1.807) is 0 Å². The first-order valence-electron chi connectivity index (χ1n) is 3.87. The summed E-state index contributed by atoms with van der Waals surface area (Å²) in [5.41, 5.74) is 0. The number of hydrogen-bond acceptors (Lipinski definition) is 1. The van der Waals surface area contributed by atoms with Crippen LogP contribution in [0.3, 0.4) is 0 Å². The maximum Gasteiger partial charge on any atom is 0.310 e. The van der Waals surface area contributed by atoms with Gasteiger partial charge in [0, 0.05) is 0 Å². The summed E-state index contributed by atoms with van der Waals surface area (Å²) in [6.45, 7) is 7.14. The molecule has 0 aliphatic heterocycles. The van der Waals surface area contributed by atoms with Crippen molar-refractivity contribution in [2.75, 3.05) is 0 Å². The predicted octanol–water partition coefficient (Wildman–Crippen LogP) is 2.27. The summed E-state index contributed by atoms with van der Waals surface area (Å²) in [4.78, 5) is 10.4. The molecule has 0 saturated carbocycles. The third-order valence-corrected chi connectivity index (χ3v) is 1.62. The molecule has 0 spiro atoms. The molecule has 63 valence electrons. The van der Waals surface area contributed by atoms with Gasteiger partial charge in [0.25, 0.3) is 0 Å². The van der Waals surface area contributed by atoms with Gasteiger partial charge in [0.1, 0.15) is 0 Å². The summed E-state index contributed by atoms with van der Waals surface area (Å²) in [7, 11) is 0. The maximum atomic E-state index is 10.4. The molecular weight excluding hydrogens is 140 g/mol. The van der Waals surface area contributed by atoms with Crippen LogP contribution in [-0.4, -0.2) is 11.1 Å². The van der Waals surface area contributed by atoms with Gasteiger partial charge in [-0.2, -0.15) is 0 Å². The molecule has 1 atom stereocenters. The van der Waals surface area contributed by atoms with Crippen LogP contribution in [0.2, 0.25) is 0 Å². The summed E-state index contributed by atoms with van der Waals surface area (Å²) >= 11 is 0. The SMILES string of the molecule is [CH2]CCCCC(C=C)C(=O)O. The molecule has 1 radical (unpaired) electrons. The number of carboxylic acid groups (broad SMARTS) is 1. The van der Waals surface area contributed by atoms with Crippen molar-refractivity contribution in [2.24, 2.45) is 5.92 Å². The van der Waals surface area contributed by atoms with Crippen molar-refractivity contribution in [1.82, 2.24) is 0 Å². The Labute approximate surface area is 67.9 Å². The topological polar surface area (TPSA) is 37.3 Å². The van der Waals surface area contributed by atoms with Crippen molar-refractivity contribution < 1.29 is 9.90 Å². The molecule has 1 N–H and O–H groups in total. The predicted molar refractivity (Wildman–Crippen MR) is 45.1 cm³/mol. The molecule has 11 heavy (non-hydrogen) atoms. The monoisotopic (exact) mass is 155 g/mol. The number of carboxylic acids is 1. The number of carbonyl (C=O) groups is 1. The van der Waals surface area contributed by atoms with E-state index in [0.717, 1.165) is 19.3 Å². The van der Waals surface area contributed by atoms with Gasteiger partial charge in [0.05, 0.1) is 5.92 Å². The molecule has 0 aromatic rings. The van der Waals surface area contributed by atoms with E-state index in [9.17, 15) is 4.79 Å². The second-order valence-electron chi connectivity index (χ2n) is 2.53.